The smallest absolute Gasteiger partial charge is 0.220 e. The predicted octanol–water partition coefficient (Wildman–Crippen LogP) is 4.28. The van der Waals surface area contributed by atoms with Crippen LogP contribution in [0.15, 0.2) is 12.1 Å². The van der Waals surface area contributed by atoms with Crippen molar-refractivity contribution in [2.45, 2.75) is 77.2 Å². The van der Waals surface area contributed by atoms with Gasteiger partial charge in [-0.2, -0.15) is 0 Å². The van der Waals surface area contributed by atoms with Crippen molar-refractivity contribution in [1.82, 2.24) is 0 Å². The van der Waals surface area contributed by atoms with Gasteiger partial charge in [0.15, 0.2) is 0 Å². The number of carbonyl (C=O) groups excluding carboxylic acids is 1. The summed E-state index contributed by atoms with van der Waals surface area (Å²) in [4.78, 5) is 11.7. The number of primary amides is 1. The number of hydrogen-bond donors (Lipinski definition) is 2. The summed E-state index contributed by atoms with van der Waals surface area (Å²) in [6.07, 6.45) is 6.87. The van der Waals surface area contributed by atoms with Crippen molar-refractivity contribution in [2.75, 3.05) is 0 Å². The lowest BCUT2D eigenvalue weighted by Gasteiger charge is -2.48. The number of carbonyl (C=O) groups is 1. The van der Waals surface area contributed by atoms with Gasteiger partial charge in [0.25, 0.3) is 0 Å². The molecular formula is C21H31NO3. The molecule has 1 amide bonds. The van der Waals surface area contributed by atoms with Crippen molar-refractivity contribution >= 4 is 5.91 Å². The largest absolute Gasteiger partial charge is 0.508 e. The van der Waals surface area contributed by atoms with E-state index in [1.165, 1.54) is 12.8 Å². The van der Waals surface area contributed by atoms with E-state index in [4.69, 9.17) is 10.5 Å². The first-order valence-corrected chi connectivity index (χ1v) is 9.67. The summed E-state index contributed by atoms with van der Waals surface area (Å²) in [5, 5.41) is 10.7. The Kier molecular flexibility index (Phi) is 4.99. The number of nitrogens with two attached hydrogens (primary N) is 1. The second-order valence-corrected chi connectivity index (χ2v) is 8.31. The Morgan fingerprint density at radius 2 is 2.08 bits per heavy atom. The quantitative estimate of drug-likeness (QED) is 0.782. The highest BCUT2D eigenvalue weighted by molar-refractivity contribution is 5.77. The summed E-state index contributed by atoms with van der Waals surface area (Å²) in [6, 6.07) is 3.98. The molecule has 0 bridgehead atoms. The normalized spacial score (nSPS) is 27.1. The van der Waals surface area contributed by atoms with Gasteiger partial charge in [0.05, 0.1) is 0 Å². The number of phenolic OH excluding ortho intramolecular Hbond substituents is 1. The minimum Gasteiger partial charge on any atom is -0.508 e. The van der Waals surface area contributed by atoms with E-state index in [1.807, 2.05) is 6.07 Å². The Bertz CT molecular complexity index is 653. The molecule has 1 fully saturated rings. The highest BCUT2D eigenvalue weighted by Gasteiger charge is 2.48. The van der Waals surface area contributed by atoms with Crippen LogP contribution in [0, 0.1) is 11.8 Å². The molecule has 1 aliphatic heterocycles. The van der Waals surface area contributed by atoms with Crippen molar-refractivity contribution in [1.29, 1.82) is 0 Å². The average molecular weight is 345 g/mol. The van der Waals surface area contributed by atoms with E-state index in [1.54, 1.807) is 0 Å². The summed E-state index contributed by atoms with van der Waals surface area (Å²) >= 11 is 0. The summed E-state index contributed by atoms with van der Waals surface area (Å²) < 4.78 is 6.34. The average Bonchev–Trinajstić information content (AvgIpc) is 2.53. The molecule has 3 atom stereocenters. The van der Waals surface area contributed by atoms with Crippen molar-refractivity contribution in [3.63, 3.8) is 0 Å². The Labute approximate surface area is 150 Å². The fourth-order valence-corrected chi connectivity index (χ4v) is 4.79. The van der Waals surface area contributed by atoms with E-state index in [0.29, 0.717) is 18.1 Å². The van der Waals surface area contributed by atoms with Gasteiger partial charge in [-0.3, -0.25) is 4.79 Å². The van der Waals surface area contributed by atoms with E-state index in [0.717, 1.165) is 42.6 Å². The van der Waals surface area contributed by atoms with Gasteiger partial charge < -0.3 is 15.6 Å². The van der Waals surface area contributed by atoms with Crippen molar-refractivity contribution in [2.24, 2.45) is 17.6 Å². The molecule has 1 heterocycles. The molecule has 138 valence electrons. The maximum absolute atomic E-state index is 11.7. The number of fused-ring (bicyclic) bond motifs is 3. The molecular weight excluding hydrogens is 314 g/mol. The first-order chi connectivity index (χ1) is 11.8. The van der Waals surface area contributed by atoms with E-state index in [-0.39, 0.29) is 23.3 Å². The summed E-state index contributed by atoms with van der Waals surface area (Å²) in [7, 11) is 0. The second kappa shape index (κ2) is 6.89. The number of benzene rings is 1. The number of unbranched alkanes of at least 4 members (excludes halogenated alkanes) is 2. The van der Waals surface area contributed by atoms with Crippen molar-refractivity contribution in [3.05, 3.63) is 23.3 Å². The molecule has 0 aromatic heterocycles. The van der Waals surface area contributed by atoms with Crippen LogP contribution >= 0.6 is 0 Å². The zero-order valence-corrected chi connectivity index (χ0v) is 15.7. The first-order valence-electron chi connectivity index (χ1n) is 9.67. The minimum absolute atomic E-state index is 0.105. The van der Waals surface area contributed by atoms with Crippen molar-refractivity contribution < 1.29 is 14.6 Å². The molecule has 1 aromatic rings. The van der Waals surface area contributed by atoms with E-state index >= 15 is 0 Å². The lowest BCUT2D eigenvalue weighted by molar-refractivity contribution is -0.124. The zero-order valence-electron chi connectivity index (χ0n) is 15.7. The Hall–Kier alpha value is -1.71. The van der Waals surface area contributed by atoms with Crippen LogP contribution in [0.1, 0.15) is 76.3 Å². The molecule has 3 rings (SSSR count). The molecule has 2 aliphatic rings. The van der Waals surface area contributed by atoms with E-state index in [2.05, 4.69) is 26.8 Å². The first kappa shape index (κ1) is 18.1. The van der Waals surface area contributed by atoms with Gasteiger partial charge in [0, 0.05) is 17.4 Å². The monoisotopic (exact) mass is 345 g/mol. The van der Waals surface area contributed by atoms with E-state index in [9.17, 15) is 9.90 Å². The minimum atomic E-state index is -0.297. The van der Waals surface area contributed by atoms with Gasteiger partial charge in [-0.25, -0.2) is 0 Å². The fourth-order valence-electron chi connectivity index (χ4n) is 4.79. The predicted molar refractivity (Wildman–Crippen MR) is 98.8 cm³/mol. The summed E-state index contributed by atoms with van der Waals surface area (Å²) in [6.45, 7) is 6.44. The summed E-state index contributed by atoms with van der Waals surface area (Å²) in [5.41, 5.74) is 7.29. The molecule has 4 heteroatoms. The number of hydrogen-bond acceptors (Lipinski definition) is 3. The van der Waals surface area contributed by atoms with Crippen LogP contribution in [-0.2, 0) is 11.2 Å². The lowest BCUT2D eigenvalue weighted by atomic mass is 9.63. The topological polar surface area (TPSA) is 72.6 Å². The second-order valence-electron chi connectivity index (χ2n) is 8.31. The number of amides is 1. The molecule has 3 N–H and O–H groups in total. The molecule has 1 aliphatic carbocycles. The summed E-state index contributed by atoms with van der Waals surface area (Å²) in [5.74, 6) is 1.22. The lowest BCUT2D eigenvalue weighted by Crippen LogP contribution is -2.48. The number of aryl methyl sites for hydroxylation is 1. The highest BCUT2D eigenvalue weighted by atomic mass is 16.5. The van der Waals surface area contributed by atoms with Crippen LogP contribution in [0.4, 0.5) is 0 Å². The number of ether oxygens (including phenoxy) is 1. The molecule has 0 saturated heterocycles. The zero-order chi connectivity index (χ0) is 18.2. The molecule has 0 spiro atoms. The maximum Gasteiger partial charge on any atom is 0.220 e. The number of phenols is 1. The van der Waals surface area contributed by atoms with Crippen LogP contribution < -0.4 is 10.5 Å². The molecule has 0 radical (unpaired) electrons. The Balaban J connectivity index is 1.95. The molecule has 4 nitrogen and oxygen atoms in total. The van der Waals surface area contributed by atoms with Gasteiger partial charge in [0.1, 0.15) is 17.1 Å². The van der Waals surface area contributed by atoms with E-state index < -0.39 is 0 Å². The third-order valence-corrected chi connectivity index (χ3v) is 6.14. The SMILES string of the molecule is CCCCCc1cc(O)c2c(c1)OC(C)(C)C1CCC(C(N)=O)CC21. The standard InChI is InChI=1S/C21H31NO3/c1-4-5-6-7-13-10-17(23)19-15-12-14(20(22)24)8-9-16(15)21(2,3)25-18(19)11-13/h10-11,14-16,23H,4-9,12H2,1-3H3,(H2,22,24). The Morgan fingerprint density at radius 1 is 1.32 bits per heavy atom. The molecule has 1 saturated carbocycles. The van der Waals surface area contributed by atoms with Crippen molar-refractivity contribution in [3.8, 4) is 11.5 Å². The third kappa shape index (κ3) is 3.49. The number of aromatic hydroxyl groups is 1. The molecule has 3 unspecified atom stereocenters. The van der Waals surface area contributed by atoms with Gasteiger partial charge in [-0.15, -0.1) is 0 Å². The number of rotatable bonds is 5. The van der Waals surface area contributed by atoms with Gasteiger partial charge in [0.2, 0.25) is 5.91 Å². The third-order valence-electron chi connectivity index (χ3n) is 6.14. The van der Waals surface area contributed by atoms with Crippen LogP contribution in [0.5, 0.6) is 11.5 Å². The van der Waals surface area contributed by atoms with Gasteiger partial charge in [-0.05, 0) is 69.6 Å². The van der Waals surface area contributed by atoms with Crippen LogP contribution in [-0.4, -0.2) is 16.6 Å². The fraction of sp³-hybridized carbons (Fsp3) is 0.667. The van der Waals surface area contributed by atoms with Crippen LogP contribution in [0.25, 0.3) is 0 Å². The van der Waals surface area contributed by atoms with Gasteiger partial charge >= 0.3 is 0 Å². The Morgan fingerprint density at radius 3 is 2.76 bits per heavy atom. The van der Waals surface area contributed by atoms with Gasteiger partial charge in [-0.1, -0.05) is 19.8 Å². The van der Waals surface area contributed by atoms with Crippen LogP contribution in [0.2, 0.25) is 0 Å². The molecule has 25 heavy (non-hydrogen) atoms. The maximum atomic E-state index is 11.7. The van der Waals surface area contributed by atoms with Crippen LogP contribution in [0.3, 0.4) is 0 Å². The molecule has 1 aromatic carbocycles. The highest BCUT2D eigenvalue weighted by Crippen LogP contribution is 2.55.